The second-order valence-corrected chi connectivity index (χ2v) is 6.82. The van der Waals surface area contributed by atoms with E-state index in [-0.39, 0.29) is 20.4 Å². The van der Waals surface area contributed by atoms with Gasteiger partial charge in [0.15, 0.2) is 0 Å². The molecular weight excluding hydrogens is 308 g/mol. The molecule has 0 unspecified atom stereocenters. The fourth-order valence-electron chi connectivity index (χ4n) is 1.16. The van der Waals surface area contributed by atoms with Crippen molar-refractivity contribution in [2.24, 2.45) is 0 Å². The summed E-state index contributed by atoms with van der Waals surface area (Å²) in [5.41, 5.74) is 0.0446. The minimum Gasteiger partial charge on any atom is -0.207 e. The van der Waals surface area contributed by atoms with Crippen molar-refractivity contribution in [3.8, 4) is 0 Å². The van der Waals surface area contributed by atoms with E-state index in [0.29, 0.717) is 0 Å². The number of thiol groups is 1. The third-order valence-corrected chi connectivity index (χ3v) is 5.76. The van der Waals surface area contributed by atoms with Crippen LogP contribution in [0, 0.1) is 12.7 Å². The van der Waals surface area contributed by atoms with Gasteiger partial charge in [0.25, 0.3) is 0 Å². The van der Waals surface area contributed by atoms with Gasteiger partial charge in [-0.2, -0.15) is 0 Å². The summed E-state index contributed by atoms with van der Waals surface area (Å²) in [6.45, 7) is 1.38. The van der Waals surface area contributed by atoms with Crippen LogP contribution in [0.15, 0.2) is 9.79 Å². The molecule has 0 heterocycles. The molecule has 0 amide bonds. The Bertz CT molecular complexity index is 544. The molecule has 0 aliphatic carbocycles. The van der Waals surface area contributed by atoms with Gasteiger partial charge in [-0.05, 0) is 6.92 Å². The zero-order chi connectivity index (χ0) is 13.5. The average Bonchev–Trinajstić information content (AvgIpc) is 2.23. The SMILES string of the molecule is Cc1c(F)c(Cl)c(Cl)c(S(=O)(=O)N(C)C)c1S. The maximum Gasteiger partial charge on any atom is 0.245 e. The third kappa shape index (κ3) is 2.42. The summed E-state index contributed by atoms with van der Waals surface area (Å²) in [7, 11) is -1.15. The molecule has 1 aromatic rings. The number of rotatable bonds is 2. The van der Waals surface area contributed by atoms with Crippen LogP contribution in [-0.4, -0.2) is 26.8 Å². The first-order valence-corrected chi connectivity index (χ1v) is 7.05. The number of hydrogen-bond donors (Lipinski definition) is 1. The third-order valence-electron chi connectivity index (χ3n) is 2.22. The average molecular weight is 318 g/mol. The molecule has 0 aliphatic heterocycles. The first-order valence-electron chi connectivity index (χ1n) is 4.41. The summed E-state index contributed by atoms with van der Waals surface area (Å²) in [5, 5.41) is -0.768. The van der Waals surface area contributed by atoms with Crippen LogP contribution in [-0.2, 0) is 10.0 Å². The smallest absolute Gasteiger partial charge is 0.207 e. The molecule has 96 valence electrons. The molecule has 0 saturated carbocycles. The van der Waals surface area contributed by atoms with Gasteiger partial charge in [0.05, 0.1) is 10.0 Å². The Morgan fingerprint density at radius 1 is 1.24 bits per heavy atom. The van der Waals surface area contributed by atoms with Crippen molar-refractivity contribution < 1.29 is 12.8 Å². The van der Waals surface area contributed by atoms with E-state index in [9.17, 15) is 12.8 Å². The normalized spacial score (nSPS) is 12.2. The van der Waals surface area contributed by atoms with Crippen molar-refractivity contribution in [1.82, 2.24) is 4.31 Å². The molecule has 0 radical (unpaired) electrons. The Balaban J connectivity index is 3.80. The highest BCUT2D eigenvalue weighted by Crippen LogP contribution is 2.39. The topological polar surface area (TPSA) is 37.4 Å². The Labute approximate surface area is 115 Å². The molecule has 3 nitrogen and oxygen atoms in total. The Kier molecular flexibility index (Phi) is 4.37. The van der Waals surface area contributed by atoms with E-state index in [1.807, 2.05) is 0 Å². The molecule has 1 rings (SSSR count). The second kappa shape index (κ2) is 4.93. The van der Waals surface area contributed by atoms with Gasteiger partial charge in [0.1, 0.15) is 10.7 Å². The summed E-state index contributed by atoms with van der Waals surface area (Å²) in [6, 6.07) is 0. The number of halogens is 3. The van der Waals surface area contributed by atoms with Crippen molar-refractivity contribution in [2.45, 2.75) is 16.7 Å². The molecule has 1 aromatic carbocycles. The van der Waals surface area contributed by atoms with Crippen molar-refractivity contribution in [1.29, 1.82) is 0 Å². The predicted octanol–water partition coefficient (Wildman–Crippen LogP) is 2.98. The highest BCUT2D eigenvalue weighted by atomic mass is 35.5. The van der Waals surface area contributed by atoms with Crippen LogP contribution in [0.4, 0.5) is 4.39 Å². The minimum atomic E-state index is -3.83. The van der Waals surface area contributed by atoms with Crippen LogP contribution in [0.3, 0.4) is 0 Å². The van der Waals surface area contributed by atoms with E-state index in [4.69, 9.17) is 23.2 Å². The summed E-state index contributed by atoms with van der Waals surface area (Å²) >= 11 is 15.4. The number of benzene rings is 1. The van der Waals surface area contributed by atoms with Crippen molar-refractivity contribution in [3.63, 3.8) is 0 Å². The Morgan fingerprint density at radius 3 is 2.12 bits per heavy atom. The van der Waals surface area contributed by atoms with E-state index < -0.39 is 20.9 Å². The second-order valence-electron chi connectivity index (χ2n) is 3.53. The molecule has 0 atom stereocenters. The zero-order valence-electron chi connectivity index (χ0n) is 9.25. The largest absolute Gasteiger partial charge is 0.245 e. The zero-order valence-corrected chi connectivity index (χ0v) is 12.5. The van der Waals surface area contributed by atoms with Crippen molar-refractivity contribution in [2.75, 3.05) is 14.1 Å². The lowest BCUT2D eigenvalue weighted by molar-refractivity contribution is 0.517. The predicted molar refractivity (Wildman–Crippen MR) is 69.3 cm³/mol. The van der Waals surface area contributed by atoms with E-state index in [0.717, 1.165) is 4.31 Å². The van der Waals surface area contributed by atoms with Gasteiger partial charge in [-0.15, -0.1) is 12.6 Å². The van der Waals surface area contributed by atoms with Crippen LogP contribution in [0.1, 0.15) is 5.56 Å². The lowest BCUT2D eigenvalue weighted by Gasteiger charge is -2.17. The maximum atomic E-state index is 13.5. The van der Waals surface area contributed by atoms with Crippen molar-refractivity contribution in [3.05, 3.63) is 21.4 Å². The lowest BCUT2D eigenvalue weighted by Crippen LogP contribution is -2.23. The maximum absolute atomic E-state index is 13.5. The molecule has 0 spiro atoms. The van der Waals surface area contributed by atoms with Gasteiger partial charge in [-0.3, -0.25) is 0 Å². The van der Waals surface area contributed by atoms with Gasteiger partial charge in [-0.25, -0.2) is 17.1 Å². The van der Waals surface area contributed by atoms with Gasteiger partial charge < -0.3 is 0 Å². The van der Waals surface area contributed by atoms with Crippen LogP contribution in [0.2, 0.25) is 10.0 Å². The number of sulfonamides is 1. The molecule has 0 fully saturated rings. The van der Waals surface area contributed by atoms with Gasteiger partial charge in [0.2, 0.25) is 10.0 Å². The van der Waals surface area contributed by atoms with Crippen LogP contribution in [0.25, 0.3) is 0 Å². The summed E-state index contributed by atoms with van der Waals surface area (Å²) in [6.07, 6.45) is 0. The molecule has 0 saturated heterocycles. The molecule has 17 heavy (non-hydrogen) atoms. The van der Waals surface area contributed by atoms with Gasteiger partial charge in [0, 0.05) is 24.6 Å². The molecule has 0 aromatic heterocycles. The summed E-state index contributed by atoms with van der Waals surface area (Å²) in [5.74, 6) is -0.764. The Hall–Kier alpha value is -0.0100. The molecule has 0 bridgehead atoms. The van der Waals surface area contributed by atoms with Gasteiger partial charge >= 0.3 is 0 Å². The van der Waals surface area contributed by atoms with Crippen LogP contribution >= 0.6 is 35.8 Å². The first kappa shape index (κ1) is 15.0. The van der Waals surface area contributed by atoms with E-state index >= 15 is 0 Å². The quantitative estimate of drug-likeness (QED) is 0.672. The van der Waals surface area contributed by atoms with Gasteiger partial charge in [-0.1, -0.05) is 23.2 Å². The highest BCUT2D eigenvalue weighted by molar-refractivity contribution is 7.90. The first-order chi connectivity index (χ1) is 7.62. The summed E-state index contributed by atoms with van der Waals surface area (Å²) < 4.78 is 38.5. The monoisotopic (exact) mass is 317 g/mol. The molecule has 0 N–H and O–H groups in total. The fourth-order valence-corrected chi connectivity index (χ4v) is 3.63. The lowest BCUT2D eigenvalue weighted by atomic mass is 10.2. The molecular formula is C9H10Cl2FNO2S2. The van der Waals surface area contributed by atoms with Crippen LogP contribution in [0.5, 0.6) is 0 Å². The Morgan fingerprint density at radius 2 is 1.71 bits per heavy atom. The number of hydrogen-bond acceptors (Lipinski definition) is 3. The summed E-state index contributed by atoms with van der Waals surface area (Å²) in [4.78, 5) is -0.318. The van der Waals surface area contributed by atoms with E-state index in [1.54, 1.807) is 0 Å². The standard InChI is InChI=1S/C9H10Cl2FNO2S2/c1-4-7(12)5(10)6(11)9(8(4)16)17(14,15)13(2)3/h16H,1-3H3. The molecule has 0 aliphatic rings. The van der Waals surface area contributed by atoms with E-state index in [1.165, 1.54) is 21.0 Å². The highest BCUT2D eigenvalue weighted by Gasteiger charge is 2.29. The van der Waals surface area contributed by atoms with Crippen LogP contribution < -0.4 is 0 Å². The minimum absolute atomic E-state index is 0.0365. The fraction of sp³-hybridized carbons (Fsp3) is 0.333. The van der Waals surface area contributed by atoms with E-state index in [2.05, 4.69) is 12.6 Å². The van der Waals surface area contributed by atoms with Crippen molar-refractivity contribution >= 4 is 45.9 Å². The molecule has 8 heteroatoms. The number of nitrogens with zero attached hydrogens (tertiary/aromatic N) is 1.